The molecular weight excluding hydrogens is 270 g/mol. The van der Waals surface area contributed by atoms with Crippen LogP contribution in [-0.2, 0) is 4.74 Å². The zero-order valence-electron chi connectivity index (χ0n) is 11.1. The molecule has 1 atom stereocenters. The predicted octanol–water partition coefficient (Wildman–Crippen LogP) is 2.64. The number of aromatic nitrogens is 1. The summed E-state index contributed by atoms with van der Waals surface area (Å²) in [6.45, 7) is 2.53. The summed E-state index contributed by atoms with van der Waals surface area (Å²) in [5.41, 5.74) is 7.76. The number of nitrogens with zero attached hydrogens (tertiary/aromatic N) is 2. The number of anilines is 2. The Morgan fingerprint density at radius 3 is 2.95 bits per heavy atom. The summed E-state index contributed by atoms with van der Waals surface area (Å²) in [5, 5.41) is 2.55. The molecule has 104 valence electrons. The van der Waals surface area contributed by atoms with Crippen LogP contribution < -0.4 is 10.6 Å². The number of benzene rings is 1. The van der Waals surface area contributed by atoms with E-state index in [9.17, 15) is 0 Å². The number of nitrogens with two attached hydrogens (primary N) is 1. The van der Waals surface area contributed by atoms with Crippen LogP contribution in [0.15, 0.2) is 41.8 Å². The average molecular weight is 287 g/mol. The van der Waals surface area contributed by atoms with Crippen molar-refractivity contribution in [2.75, 3.05) is 30.3 Å². The topological polar surface area (TPSA) is 51.4 Å². The summed E-state index contributed by atoms with van der Waals surface area (Å²) >= 11 is 1.45. The van der Waals surface area contributed by atoms with Gasteiger partial charge in [-0.25, -0.2) is 4.98 Å². The van der Waals surface area contributed by atoms with Crippen molar-refractivity contribution in [3.05, 3.63) is 47.5 Å². The van der Waals surface area contributed by atoms with Gasteiger partial charge >= 0.3 is 0 Å². The van der Waals surface area contributed by atoms with Gasteiger partial charge in [0.25, 0.3) is 0 Å². The number of nitrogen functional groups attached to an aromatic ring is 1. The fourth-order valence-corrected chi connectivity index (χ4v) is 2.78. The van der Waals surface area contributed by atoms with Crippen LogP contribution in [0.5, 0.6) is 0 Å². The minimum Gasteiger partial charge on any atom is -0.375 e. The van der Waals surface area contributed by atoms with Crippen molar-refractivity contribution in [2.45, 2.75) is 6.10 Å². The van der Waals surface area contributed by atoms with Crippen LogP contribution in [0.4, 0.5) is 10.8 Å². The Balaban J connectivity index is 1.65. The van der Waals surface area contributed by atoms with Crippen molar-refractivity contribution in [3.8, 4) is 0 Å². The number of rotatable bonds is 3. The molecule has 20 heavy (non-hydrogen) atoms. The molecule has 2 N–H and O–H groups in total. The van der Waals surface area contributed by atoms with Crippen LogP contribution in [0, 0.1) is 0 Å². The molecular formula is C15H17N3OS. The van der Waals surface area contributed by atoms with Crippen LogP contribution in [0.1, 0.15) is 5.69 Å². The highest BCUT2D eigenvalue weighted by atomic mass is 32.1. The monoisotopic (exact) mass is 287 g/mol. The molecule has 1 aromatic carbocycles. The lowest BCUT2D eigenvalue weighted by molar-refractivity contribution is 0.0722. The third kappa shape index (κ3) is 3.18. The zero-order valence-corrected chi connectivity index (χ0v) is 11.9. The van der Waals surface area contributed by atoms with E-state index < -0.39 is 0 Å². The largest absolute Gasteiger partial charge is 0.375 e. The van der Waals surface area contributed by atoms with Gasteiger partial charge in [-0.1, -0.05) is 24.3 Å². The first kappa shape index (κ1) is 13.1. The number of thiazole rings is 1. The summed E-state index contributed by atoms with van der Waals surface area (Å²) in [5.74, 6) is 0. The Hall–Kier alpha value is -1.85. The highest BCUT2D eigenvalue weighted by Gasteiger charge is 2.18. The highest BCUT2D eigenvalue weighted by Crippen LogP contribution is 2.18. The summed E-state index contributed by atoms with van der Waals surface area (Å²) in [6.07, 6.45) is 4.13. The summed E-state index contributed by atoms with van der Waals surface area (Å²) in [7, 11) is 0. The van der Waals surface area contributed by atoms with Gasteiger partial charge in [-0.3, -0.25) is 0 Å². The number of morpholine rings is 1. The number of hydrogen-bond donors (Lipinski definition) is 1. The molecule has 1 aromatic heterocycles. The van der Waals surface area contributed by atoms with Gasteiger partial charge in [0.1, 0.15) is 0 Å². The molecule has 1 aliphatic heterocycles. The average Bonchev–Trinajstić information content (AvgIpc) is 2.92. The van der Waals surface area contributed by atoms with E-state index in [1.165, 1.54) is 17.0 Å². The Morgan fingerprint density at radius 2 is 2.20 bits per heavy atom. The van der Waals surface area contributed by atoms with Crippen molar-refractivity contribution >= 4 is 28.2 Å². The maximum absolute atomic E-state index is 5.77. The first-order chi connectivity index (χ1) is 9.81. The molecule has 1 saturated heterocycles. The van der Waals surface area contributed by atoms with Crippen LogP contribution >= 0.6 is 11.3 Å². The minimum absolute atomic E-state index is 0.0897. The first-order valence-corrected chi connectivity index (χ1v) is 7.50. The second-order valence-electron chi connectivity index (χ2n) is 4.66. The third-order valence-electron chi connectivity index (χ3n) is 3.24. The lowest BCUT2D eigenvalue weighted by Gasteiger charge is -2.33. The summed E-state index contributed by atoms with van der Waals surface area (Å²) < 4.78 is 5.77. The molecule has 0 bridgehead atoms. The predicted molar refractivity (Wildman–Crippen MR) is 84.0 cm³/mol. The van der Waals surface area contributed by atoms with Gasteiger partial charge in [-0.05, 0) is 18.2 Å². The van der Waals surface area contributed by atoms with Gasteiger partial charge in [0.05, 0.1) is 18.4 Å². The van der Waals surface area contributed by atoms with Crippen LogP contribution in [0.2, 0.25) is 0 Å². The van der Waals surface area contributed by atoms with Gasteiger partial charge in [0, 0.05) is 24.2 Å². The van der Waals surface area contributed by atoms with Crippen molar-refractivity contribution in [1.29, 1.82) is 0 Å². The quantitative estimate of drug-likeness (QED) is 0.943. The minimum atomic E-state index is 0.0897. The van der Waals surface area contributed by atoms with E-state index >= 15 is 0 Å². The van der Waals surface area contributed by atoms with Crippen molar-refractivity contribution in [3.63, 3.8) is 0 Å². The Morgan fingerprint density at radius 1 is 1.35 bits per heavy atom. The second kappa shape index (κ2) is 6.07. The highest BCUT2D eigenvalue weighted by molar-refractivity contribution is 7.13. The number of hydrogen-bond acceptors (Lipinski definition) is 5. The van der Waals surface area contributed by atoms with Gasteiger partial charge in [0.15, 0.2) is 5.13 Å². The number of ether oxygens (including phenoxy) is 1. The second-order valence-corrected chi connectivity index (χ2v) is 5.55. The molecule has 0 spiro atoms. The molecule has 0 radical (unpaired) electrons. The first-order valence-electron chi connectivity index (χ1n) is 6.62. The standard InChI is InChI=1S/C15H17N3OS/c16-15-17-12(11-20-15)6-7-14-10-18(8-9-19-14)13-4-2-1-3-5-13/h1-7,11,14H,8-10H2,(H2,16,17)/b7-6+. The van der Waals surface area contributed by atoms with Gasteiger partial charge in [-0.15, -0.1) is 11.3 Å². The van der Waals surface area contributed by atoms with Crippen LogP contribution in [0.3, 0.4) is 0 Å². The van der Waals surface area contributed by atoms with Crippen molar-refractivity contribution < 1.29 is 4.74 Å². The molecule has 4 nitrogen and oxygen atoms in total. The molecule has 1 unspecified atom stereocenters. The smallest absolute Gasteiger partial charge is 0.180 e. The maximum atomic E-state index is 5.77. The Labute approximate surface area is 122 Å². The van der Waals surface area contributed by atoms with Crippen molar-refractivity contribution in [1.82, 2.24) is 4.98 Å². The molecule has 0 aliphatic carbocycles. The van der Waals surface area contributed by atoms with Gasteiger partial charge in [-0.2, -0.15) is 0 Å². The Kier molecular flexibility index (Phi) is 3.99. The lowest BCUT2D eigenvalue weighted by atomic mass is 10.2. The van der Waals surface area contributed by atoms with E-state index in [1.807, 2.05) is 17.5 Å². The summed E-state index contributed by atoms with van der Waals surface area (Å²) in [6, 6.07) is 10.4. The SMILES string of the molecule is Nc1nc(/C=C/C2CN(c3ccccc3)CCO2)cs1. The fraction of sp³-hybridized carbons (Fsp3) is 0.267. The molecule has 1 aliphatic rings. The zero-order chi connectivity index (χ0) is 13.8. The fourth-order valence-electron chi connectivity index (χ4n) is 2.25. The molecule has 1 fully saturated rings. The van der Waals surface area contributed by atoms with Gasteiger partial charge in [0.2, 0.25) is 0 Å². The van der Waals surface area contributed by atoms with Crippen molar-refractivity contribution in [2.24, 2.45) is 0 Å². The normalized spacial score (nSPS) is 19.6. The van der Waals surface area contributed by atoms with Crippen LogP contribution in [-0.4, -0.2) is 30.8 Å². The molecule has 0 saturated carbocycles. The van der Waals surface area contributed by atoms with Gasteiger partial charge < -0.3 is 15.4 Å². The van der Waals surface area contributed by atoms with E-state index in [1.54, 1.807) is 0 Å². The van der Waals surface area contributed by atoms with E-state index in [0.717, 1.165) is 25.4 Å². The van der Waals surface area contributed by atoms with Crippen LogP contribution in [0.25, 0.3) is 6.08 Å². The molecule has 2 heterocycles. The van der Waals surface area contributed by atoms with E-state index in [0.29, 0.717) is 5.13 Å². The third-order valence-corrected chi connectivity index (χ3v) is 3.93. The van der Waals surface area contributed by atoms with E-state index in [4.69, 9.17) is 10.5 Å². The number of para-hydroxylation sites is 1. The lowest BCUT2D eigenvalue weighted by Crippen LogP contribution is -2.41. The van der Waals surface area contributed by atoms with E-state index in [-0.39, 0.29) is 6.10 Å². The molecule has 3 rings (SSSR count). The van der Waals surface area contributed by atoms with E-state index in [2.05, 4.69) is 40.2 Å². The molecule has 5 heteroatoms. The molecule has 2 aromatic rings. The molecule has 0 amide bonds. The Bertz CT molecular complexity index is 582. The maximum Gasteiger partial charge on any atom is 0.180 e. The summed E-state index contributed by atoms with van der Waals surface area (Å²) in [4.78, 5) is 6.55.